The van der Waals surface area contributed by atoms with Gasteiger partial charge in [-0.25, -0.2) is 0 Å². The standard InChI is InChI=1S/2C17H14O.Pd/c2*18-17(13-11-15-7-3-1-4-8-15)14-12-16-9-5-2-6-10-16;/h2*1-14H;/b2*13-11+,14-12?;. The molecule has 0 spiro atoms. The van der Waals surface area contributed by atoms with Crippen molar-refractivity contribution in [3.8, 4) is 0 Å². The van der Waals surface area contributed by atoms with E-state index in [1.807, 2.05) is 146 Å². The van der Waals surface area contributed by atoms with E-state index in [4.69, 9.17) is 0 Å². The first-order valence-corrected chi connectivity index (χ1v) is 11.7. The van der Waals surface area contributed by atoms with Crippen molar-refractivity contribution < 1.29 is 30.0 Å². The van der Waals surface area contributed by atoms with Crippen LogP contribution in [0.1, 0.15) is 22.3 Å². The number of benzene rings is 4. The van der Waals surface area contributed by atoms with Crippen molar-refractivity contribution in [1.82, 2.24) is 0 Å². The Kier molecular flexibility index (Phi) is 13.6. The van der Waals surface area contributed by atoms with Crippen molar-refractivity contribution in [2.45, 2.75) is 0 Å². The van der Waals surface area contributed by atoms with Crippen molar-refractivity contribution in [1.29, 1.82) is 0 Å². The van der Waals surface area contributed by atoms with E-state index in [-0.39, 0.29) is 32.0 Å². The Labute approximate surface area is 233 Å². The van der Waals surface area contributed by atoms with Gasteiger partial charge in [0.1, 0.15) is 0 Å². The minimum Gasteiger partial charge on any atom is -0.290 e. The number of allylic oxidation sites excluding steroid dienone is 4. The molecule has 0 saturated carbocycles. The second-order valence-corrected chi connectivity index (χ2v) is 7.78. The molecule has 0 aromatic heterocycles. The van der Waals surface area contributed by atoms with Crippen LogP contribution in [-0.2, 0) is 30.0 Å². The zero-order chi connectivity index (χ0) is 25.3. The summed E-state index contributed by atoms with van der Waals surface area (Å²) >= 11 is 0. The van der Waals surface area contributed by atoms with Crippen molar-refractivity contribution in [3.63, 3.8) is 0 Å². The minimum atomic E-state index is -0.0114. The number of carbonyl (C=O) groups is 2. The first-order valence-electron chi connectivity index (χ1n) is 11.7. The molecule has 0 aliphatic rings. The molecule has 0 bridgehead atoms. The van der Waals surface area contributed by atoms with E-state index in [0.717, 1.165) is 22.3 Å². The van der Waals surface area contributed by atoms with E-state index in [2.05, 4.69) is 0 Å². The number of hydrogen-bond donors (Lipinski definition) is 0. The quantitative estimate of drug-likeness (QED) is 0.158. The van der Waals surface area contributed by atoms with Crippen molar-refractivity contribution in [3.05, 3.63) is 168 Å². The van der Waals surface area contributed by atoms with E-state index in [1.54, 1.807) is 24.3 Å². The summed E-state index contributed by atoms with van der Waals surface area (Å²) in [4.78, 5) is 23.2. The van der Waals surface area contributed by atoms with Crippen LogP contribution in [-0.4, -0.2) is 11.6 Å². The monoisotopic (exact) mass is 574 g/mol. The van der Waals surface area contributed by atoms with E-state index >= 15 is 0 Å². The third kappa shape index (κ3) is 12.4. The summed E-state index contributed by atoms with van der Waals surface area (Å²) < 4.78 is 0. The Morgan fingerprint density at radius 2 is 0.541 bits per heavy atom. The van der Waals surface area contributed by atoms with Crippen LogP contribution in [0.15, 0.2) is 146 Å². The van der Waals surface area contributed by atoms with Gasteiger partial charge in [0.05, 0.1) is 0 Å². The fourth-order valence-electron chi connectivity index (χ4n) is 3.08. The molecule has 0 atom stereocenters. The van der Waals surface area contributed by atoms with Gasteiger partial charge >= 0.3 is 0 Å². The maximum atomic E-state index is 11.6. The van der Waals surface area contributed by atoms with E-state index in [1.165, 1.54) is 0 Å². The average Bonchev–Trinajstić information content (AvgIpc) is 2.95. The summed E-state index contributed by atoms with van der Waals surface area (Å²) in [5, 5.41) is 0. The van der Waals surface area contributed by atoms with Crippen LogP contribution < -0.4 is 0 Å². The molecule has 0 fully saturated rings. The van der Waals surface area contributed by atoms with Gasteiger partial charge in [0.15, 0.2) is 11.6 Å². The first kappa shape index (κ1) is 29.1. The third-order valence-electron chi connectivity index (χ3n) is 4.96. The molecule has 4 aromatic rings. The molecule has 37 heavy (non-hydrogen) atoms. The van der Waals surface area contributed by atoms with Gasteiger partial charge in [-0.15, -0.1) is 0 Å². The topological polar surface area (TPSA) is 34.1 Å². The molecule has 0 N–H and O–H groups in total. The summed E-state index contributed by atoms with van der Waals surface area (Å²) in [6.07, 6.45) is 13.6. The van der Waals surface area contributed by atoms with Crippen LogP contribution in [0, 0.1) is 0 Å². The predicted octanol–water partition coefficient (Wildman–Crippen LogP) is 7.96. The van der Waals surface area contributed by atoms with Crippen molar-refractivity contribution in [2.24, 2.45) is 0 Å². The maximum Gasteiger partial charge on any atom is 0.178 e. The fraction of sp³-hybridized carbons (Fsp3) is 0. The molecule has 0 amide bonds. The van der Waals surface area contributed by atoms with Gasteiger partial charge in [-0.3, -0.25) is 9.59 Å². The minimum absolute atomic E-state index is 0. The Bertz CT molecular complexity index is 1110. The number of ketones is 2. The zero-order valence-electron chi connectivity index (χ0n) is 20.3. The van der Waals surface area contributed by atoms with Gasteiger partial charge in [0.2, 0.25) is 0 Å². The van der Waals surface area contributed by atoms with Crippen LogP contribution in [0.3, 0.4) is 0 Å². The molecule has 0 radical (unpaired) electrons. The van der Waals surface area contributed by atoms with E-state index in [9.17, 15) is 9.59 Å². The molecular weight excluding hydrogens is 547 g/mol. The number of hydrogen-bond acceptors (Lipinski definition) is 2. The van der Waals surface area contributed by atoms with Crippen LogP contribution in [0.2, 0.25) is 0 Å². The SMILES string of the molecule is O=C(C=Cc1ccccc1)/C=C/c1ccccc1.O=C(C=Cc1ccccc1)/C=C/c1ccccc1.[Pd]. The summed E-state index contributed by atoms with van der Waals surface area (Å²) in [6, 6.07) is 39.1. The number of rotatable bonds is 8. The maximum absolute atomic E-state index is 11.6. The van der Waals surface area contributed by atoms with Crippen LogP contribution in [0.4, 0.5) is 0 Å². The van der Waals surface area contributed by atoms with Gasteiger partial charge < -0.3 is 0 Å². The molecule has 0 aliphatic heterocycles. The Morgan fingerprint density at radius 3 is 0.730 bits per heavy atom. The first-order chi connectivity index (χ1) is 17.7. The van der Waals surface area contributed by atoms with Crippen LogP contribution in [0.25, 0.3) is 24.3 Å². The van der Waals surface area contributed by atoms with Crippen LogP contribution >= 0.6 is 0 Å². The summed E-state index contributed by atoms with van der Waals surface area (Å²) in [5.74, 6) is -0.0228. The smallest absolute Gasteiger partial charge is 0.178 e. The number of carbonyl (C=O) groups excluding carboxylic acids is 2. The van der Waals surface area contributed by atoms with Gasteiger partial charge in [-0.2, -0.15) is 0 Å². The van der Waals surface area contributed by atoms with Gasteiger partial charge in [-0.1, -0.05) is 146 Å². The molecule has 0 aliphatic carbocycles. The summed E-state index contributed by atoms with van der Waals surface area (Å²) in [5.41, 5.74) is 4.11. The van der Waals surface area contributed by atoms with Crippen molar-refractivity contribution >= 4 is 35.9 Å². The second-order valence-electron chi connectivity index (χ2n) is 7.78. The van der Waals surface area contributed by atoms with E-state index in [0.29, 0.717) is 0 Å². The average molecular weight is 575 g/mol. The van der Waals surface area contributed by atoms with Gasteiger partial charge in [0.25, 0.3) is 0 Å². The molecule has 3 heteroatoms. The molecule has 0 unspecified atom stereocenters. The molecule has 186 valence electrons. The normalized spacial score (nSPS) is 10.8. The Hall–Kier alpha value is -4.16. The van der Waals surface area contributed by atoms with Crippen molar-refractivity contribution in [2.75, 3.05) is 0 Å². The predicted molar refractivity (Wildman–Crippen MR) is 152 cm³/mol. The summed E-state index contributed by atoms with van der Waals surface area (Å²) in [7, 11) is 0. The molecule has 2 nitrogen and oxygen atoms in total. The third-order valence-corrected chi connectivity index (χ3v) is 4.96. The molecule has 4 aromatic carbocycles. The Morgan fingerprint density at radius 1 is 0.351 bits per heavy atom. The molecule has 0 saturated heterocycles. The zero-order valence-corrected chi connectivity index (χ0v) is 21.9. The molecule has 4 rings (SSSR count). The Balaban J connectivity index is 0.000000253. The molecular formula is C34H28O2Pd. The molecule has 0 heterocycles. The van der Waals surface area contributed by atoms with Crippen LogP contribution in [0.5, 0.6) is 0 Å². The summed E-state index contributed by atoms with van der Waals surface area (Å²) in [6.45, 7) is 0. The fourth-order valence-corrected chi connectivity index (χ4v) is 3.08. The van der Waals surface area contributed by atoms with E-state index < -0.39 is 0 Å². The largest absolute Gasteiger partial charge is 0.290 e. The van der Waals surface area contributed by atoms with Gasteiger partial charge in [0, 0.05) is 20.4 Å². The van der Waals surface area contributed by atoms with Gasteiger partial charge in [-0.05, 0) is 46.6 Å². The second kappa shape index (κ2) is 17.3.